The van der Waals surface area contributed by atoms with Gasteiger partial charge < -0.3 is 0 Å². The van der Waals surface area contributed by atoms with Crippen LogP contribution in [0.1, 0.15) is 43.0 Å². The molecule has 0 spiro atoms. The van der Waals surface area contributed by atoms with Gasteiger partial charge in [0, 0.05) is 14.9 Å². The summed E-state index contributed by atoms with van der Waals surface area (Å²) in [5.41, 5.74) is 1.49. The van der Waals surface area contributed by atoms with Crippen LogP contribution in [0.3, 0.4) is 0 Å². The molecule has 16 heavy (non-hydrogen) atoms. The minimum atomic E-state index is 0.326. The van der Waals surface area contributed by atoms with E-state index in [1.807, 2.05) is 18.2 Å². The zero-order valence-electron chi connectivity index (χ0n) is 9.27. The van der Waals surface area contributed by atoms with E-state index in [0.717, 1.165) is 10.6 Å². The Kier molecular flexibility index (Phi) is 3.88. The van der Waals surface area contributed by atoms with Crippen molar-refractivity contribution >= 4 is 39.1 Å². The number of halogens is 3. The highest BCUT2D eigenvalue weighted by atomic mass is 79.9. The molecule has 0 heterocycles. The van der Waals surface area contributed by atoms with Crippen molar-refractivity contribution in [2.75, 3.05) is 0 Å². The first-order valence-electron chi connectivity index (χ1n) is 5.62. The van der Waals surface area contributed by atoms with E-state index in [9.17, 15) is 0 Å². The second-order valence-corrected chi connectivity index (χ2v) is 6.65. The molecular formula is C13H15BrCl2. The fourth-order valence-electron chi connectivity index (χ4n) is 2.52. The first kappa shape index (κ1) is 12.7. The molecular weight excluding hydrogens is 307 g/mol. The molecule has 0 aliphatic heterocycles. The molecule has 1 aliphatic carbocycles. The molecule has 0 amide bonds. The summed E-state index contributed by atoms with van der Waals surface area (Å²) in [5, 5.41) is 1.47. The molecule has 0 N–H and O–H groups in total. The molecule has 2 rings (SSSR count). The van der Waals surface area contributed by atoms with E-state index in [1.54, 1.807) is 0 Å². The third kappa shape index (κ3) is 2.42. The lowest BCUT2D eigenvalue weighted by Crippen LogP contribution is -2.17. The van der Waals surface area contributed by atoms with E-state index in [4.69, 9.17) is 23.2 Å². The smallest absolute Gasteiger partial charge is 0.0464 e. The Hall–Kier alpha value is 0.280. The molecule has 0 bridgehead atoms. The quantitative estimate of drug-likeness (QED) is 0.585. The van der Waals surface area contributed by atoms with Crippen LogP contribution >= 0.6 is 39.1 Å². The van der Waals surface area contributed by atoms with Gasteiger partial charge in [0.05, 0.1) is 0 Å². The van der Waals surface area contributed by atoms with Crippen LogP contribution in [0.15, 0.2) is 18.2 Å². The Morgan fingerprint density at radius 2 is 1.88 bits per heavy atom. The highest BCUT2D eigenvalue weighted by Gasteiger charge is 2.37. The first-order valence-corrected chi connectivity index (χ1v) is 7.29. The molecule has 1 aliphatic rings. The van der Waals surface area contributed by atoms with Crippen LogP contribution in [0.5, 0.6) is 0 Å². The fraction of sp³-hybridized carbons (Fsp3) is 0.538. The SMILES string of the molecule is CC1(C(Br)c2ccc(Cl)cc2Cl)CCCC1. The average molecular weight is 322 g/mol. The van der Waals surface area contributed by atoms with Crippen LogP contribution in [0.2, 0.25) is 10.0 Å². The summed E-state index contributed by atoms with van der Waals surface area (Å²) in [5.74, 6) is 0. The van der Waals surface area contributed by atoms with Crippen LogP contribution in [-0.2, 0) is 0 Å². The normalized spacial score (nSPS) is 21.0. The number of alkyl halides is 1. The number of benzene rings is 1. The Bertz CT molecular complexity index is 384. The Morgan fingerprint density at radius 1 is 1.25 bits per heavy atom. The van der Waals surface area contributed by atoms with E-state index < -0.39 is 0 Å². The lowest BCUT2D eigenvalue weighted by molar-refractivity contribution is 0.331. The maximum atomic E-state index is 6.25. The van der Waals surface area contributed by atoms with E-state index in [0.29, 0.717) is 15.3 Å². The van der Waals surface area contributed by atoms with Gasteiger partial charge in [0.15, 0.2) is 0 Å². The zero-order valence-corrected chi connectivity index (χ0v) is 12.4. The third-order valence-electron chi connectivity index (χ3n) is 3.59. The van der Waals surface area contributed by atoms with Gasteiger partial charge in [0.2, 0.25) is 0 Å². The van der Waals surface area contributed by atoms with Crippen molar-refractivity contribution in [1.29, 1.82) is 0 Å². The van der Waals surface area contributed by atoms with Crippen molar-refractivity contribution in [2.24, 2.45) is 5.41 Å². The monoisotopic (exact) mass is 320 g/mol. The lowest BCUT2D eigenvalue weighted by Gasteiger charge is -2.30. The molecule has 1 atom stereocenters. The van der Waals surface area contributed by atoms with E-state index in [-0.39, 0.29) is 0 Å². The average Bonchev–Trinajstić information content (AvgIpc) is 2.66. The Labute approximate surface area is 115 Å². The summed E-state index contributed by atoms with van der Waals surface area (Å²) < 4.78 is 0. The number of rotatable bonds is 2. The fourth-order valence-corrected chi connectivity index (χ4v) is 4.03. The lowest BCUT2D eigenvalue weighted by atomic mass is 9.82. The van der Waals surface area contributed by atoms with Crippen LogP contribution < -0.4 is 0 Å². The first-order chi connectivity index (χ1) is 7.53. The molecule has 1 fully saturated rings. The summed E-state index contributed by atoms with van der Waals surface area (Å²) in [7, 11) is 0. The summed E-state index contributed by atoms with van der Waals surface area (Å²) in [6, 6.07) is 5.77. The summed E-state index contributed by atoms with van der Waals surface area (Å²) in [4.78, 5) is 0.326. The highest BCUT2D eigenvalue weighted by Crippen LogP contribution is 2.52. The summed E-state index contributed by atoms with van der Waals surface area (Å²) >= 11 is 16.0. The molecule has 1 aromatic rings. The highest BCUT2D eigenvalue weighted by molar-refractivity contribution is 9.09. The molecule has 88 valence electrons. The van der Waals surface area contributed by atoms with Crippen LogP contribution in [0, 0.1) is 5.41 Å². The van der Waals surface area contributed by atoms with Crippen molar-refractivity contribution in [1.82, 2.24) is 0 Å². The van der Waals surface area contributed by atoms with Crippen molar-refractivity contribution in [3.63, 3.8) is 0 Å². The van der Waals surface area contributed by atoms with E-state index >= 15 is 0 Å². The van der Waals surface area contributed by atoms with Gasteiger partial charge in [-0.25, -0.2) is 0 Å². The minimum absolute atomic E-state index is 0.326. The van der Waals surface area contributed by atoms with Crippen molar-refractivity contribution in [3.8, 4) is 0 Å². The van der Waals surface area contributed by atoms with Crippen LogP contribution in [0.4, 0.5) is 0 Å². The Morgan fingerprint density at radius 3 is 2.44 bits per heavy atom. The van der Waals surface area contributed by atoms with Crippen LogP contribution in [0.25, 0.3) is 0 Å². The largest absolute Gasteiger partial charge is 0.0843 e. The molecule has 3 heteroatoms. The molecule has 0 aromatic heterocycles. The predicted octanol–water partition coefficient (Wildman–Crippen LogP) is 6.01. The van der Waals surface area contributed by atoms with Crippen molar-refractivity contribution < 1.29 is 0 Å². The van der Waals surface area contributed by atoms with Crippen molar-refractivity contribution in [3.05, 3.63) is 33.8 Å². The topological polar surface area (TPSA) is 0 Å². The molecule has 0 nitrogen and oxygen atoms in total. The maximum absolute atomic E-state index is 6.25. The van der Waals surface area contributed by atoms with Gasteiger partial charge in [-0.15, -0.1) is 0 Å². The second-order valence-electron chi connectivity index (χ2n) is 4.89. The predicted molar refractivity (Wildman–Crippen MR) is 74.7 cm³/mol. The van der Waals surface area contributed by atoms with Crippen LogP contribution in [-0.4, -0.2) is 0 Å². The van der Waals surface area contributed by atoms with Gasteiger partial charge in [0.1, 0.15) is 0 Å². The van der Waals surface area contributed by atoms with E-state index in [1.165, 1.54) is 25.7 Å². The van der Waals surface area contributed by atoms with Crippen molar-refractivity contribution in [2.45, 2.75) is 37.4 Å². The van der Waals surface area contributed by atoms with Gasteiger partial charge >= 0.3 is 0 Å². The number of hydrogen-bond donors (Lipinski definition) is 0. The zero-order chi connectivity index (χ0) is 11.8. The maximum Gasteiger partial charge on any atom is 0.0464 e. The standard InChI is InChI=1S/C13H15BrCl2/c1-13(6-2-3-7-13)12(14)10-5-4-9(15)8-11(10)16/h4-5,8,12H,2-3,6-7H2,1H3. The molecule has 0 radical (unpaired) electrons. The third-order valence-corrected chi connectivity index (χ3v) is 5.75. The Balaban J connectivity index is 2.29. The van der Waals surface area contributed by atoms with Gasteiger partial charge in [0.25, 0.3) is 0 Å². The summed E-state index contributed by atoms with van der Waals surface area (Å²) in [6.45, 7) is 2.34. The molecule has 1 aromatic carbocycles. The molecule has 0 saturated heterocycles. The minimum Gasteiger partial charge on any atom is -0.0843 e. The second kappa shape index (κ2) is 4.88. The van der Waals surface area contributed by atoms with Gasteiger partial charge in [-0.2, -0.15) is 0 Å². The van der Waals surface area contributed by atoms with E-state index in [2.05, 4.69) is 22.9 Å². The van der Waals surface area contributed by atoms with Gasteiger partial charge in [-0.05, 0) is 36.0 Å². The molecule has 1 saturated carbocycles. The molecule has 1 unspecified atom stereocenters. The van der Waals surface area contributed by atoms with Gasteiger partial charge in [-0.1, -0.05) is 65.0 Å². The summed E-state index contributed by atoms with van der Waals surface area (Å²) in [6.07, 6.45) is 5.18. The van der Waals surface area contributed by atoms with Gasteiger partial charge in [-0.3, -0.25) is 0 Å². The number of hydrogen-bond acceptors (Lipinski definition) is 0.